The second kappa shape index (κ2) is 3.80. The van der Waals surface area contributed by atoms with E-state index < -0.39 is 5.91 Å². The highest BCUT2D eigenvalue weighted by Gasteiger charge is 2.46. The first kappa shape index (κ1) is 11.7. The molecule has 0 bridgehead atoms. The predicted octanol–water partition coefficient (Wildman–Crippen LogP) is 2.61. The lowest BCUT2D eigenvalue weighted by Crippen LogP contribution is -2.67. The van der Waals surface area contributed by atoms with Crippen LogP contribution in [0.3, 0.4) is 0 Å². The Balaban J connectivity index is 1.95. The molecule has 1 aromatic carbocycles. The van der Waals surface area contributed by atoms with Crippen molar-refractivity contribution in [2.45, 2.75) is 44.7 Å². The van der Waals surface area contributed by atoms with Gasteiger partial charge in [0.1, 0.15) is 5.69 Å². The van der Waals surface area contributed by atoms with E-state index in [9.17, 15) is 0 Å². The van der Waals surface area contributed by atoms with E-state index in [0.717, 1.165) is 17.9 Å². The van der Waals surface area contributed by atoms with Gasteiger partial charge in [0.2, 0.25) is 0 Å². The molecule has 1 saturated heterocycles. The van der Waals surface area contributed by atoms with Crippen LogP contribution in [0, 0.1) is 0 Å². The first-order chi connectivity index (χ1) is 8.48. The summed E-state index contributed by atoms with van der Waals surface area (Å²) in [5.74, 6) is -0.187. The molecule has 1 unspecified atom stereocenters. The van der Waals surface area contributed by atoms with Gasteiger partial charge in [0.25, 0.3) is 0 Å². The second-order valence-electron chi connectivity index (χ2n) is 5.64. The van der Waals surface area contributed by atoms with Gasteiger partial charge < -0.3 is 9.47 Å². The minimum Gasteiger partial charge on any atom is -0.442 e. The highest BCUT2D eigenvalue weighted by Crippen LogP contribution is 2.37. The van der Waals surface area contributed by atoms with Gasteiger partial charge in [0, 0.05) is 5.54 Å². The fourth-order valence-corrected chi connectivity index (χ4v) is 2.72. The molecule has 96 valence electrons. The van der Waals surface area contributed by atoms with Crippen molar-refractivity contribution in [1.82, 2.24) is 5.32 Å². The lowest BCUT2D eigenvalue weighted by Gasteiger charge is -2.47. The van der Waals surface area contributed by atoms with Gasteiger partial charge in [-0.2, -0.15) is 0 Å². The van der Waals surface area contributed by atoms with Gasteiger partial charge in [-0.15, -0.1) is 0 Å². The number of hydrogen-bond acceptors (Lipinski definition) is 4. The third kappa shape index (κ3) is 2.02. The van der Waals surface area contributed by atoms with Crippen LogP contribution < -0.4 is 10.1 Å². The molecule has 4 heteroatoms. The summed E-state index contributed by atoms with van der Waals surface area (Å²) >= 11 is 0. The quantitative estimate of drug-likeness (QED) is 0.765. The molecule has 18 heavy (non-hydrogen) atoms. The van der Waals surface area contributed by atoms with E-state index >= 15 is 0 Å². The zero-order chi connectivity index (χ0) is 12.8. The van der Waals surface area contributed by atoms with Crippen LogP contribution in [0.25, 0.3) is 0 Å². The summed E-state index contributed by atoms with van der Waals surface area (Å²) < 4.78 is 11.9. The molecule has 1 spiro atoms. The summed E-state index contributed by atoms with van der Waals surface area (Å²) in [5, 5.41) is 3.39. The number of fused-ring (bicyclic) bond motifs is 1. The average Bonchev–Trinajstić information content (AvgIpc) is 2.25. The Bertz CT molecular complexity index is 498. The Hall–Kier alpha value is -1.39. The van der Waals surface area contributed by atoms with Crippen molar-refractivity contribution >= 4 is 11.9 Å². The molecule has 4 nitrogen and oxygen atoms in total. The third-order valence-electron chi connectivity index (χ3n) is 3.19. The first-order valence-corrected chi connectivity index (χ1v) is 6.29. The number of para-hydroxylation sites is 2. The van der Waals surface area contributed by atoms with Gasteiger partial charge in [-0.25, -0.2) is 10.3 Å². The van der Waals surface area contributed by atoms with Crippen molar-refractivity contribution < 1.29 is 9.47 Å². The Morgan fingerprint density at radius 1 is 1.33 bits per heavy atom. The molecule has 0 aromatic heterocycles. The molecule has 2 atom stereocenters. The monoisotopic (exact) mass is 246 g/mol. The molecule has 1 fully saturated rings. The lowest BCUT2D eigenvalue weighted by atomic mass is 9.94. The number of hydrogen-bond donors (Lipinski definition) is 1. The fourth-order valence-electron chi connectivity index (χ4n) is 2.72. The normalized spacial score (nSPS) is 32.9. The maximum Gasteiger partial charge on any atom is 0.310 e. The summed E-state index contributed by atoms with van der Waals surface area (Å²) in [4.78, 5) is 4.43. The largest absolute Gasteiger partial charge is 0.442 e. The minimum atomic E-state index is -0.935. The van der Waals surface area contributed by atoms with Crippen LogP contribution in [-0.4, -0.2) is 23.8 Å². The third-order valence-corrected chi connectivity index (χ3v) is 3.19. The van der Waals surface area contributed by atoms with Crippen molar-refractivity contribution in [2.75, 3.05) is 0 Å². The number of rotatable bonds is 0. The molecule has 0 radical (unpaired) electrons. The van der Waals surface area contributed by atoms with Gasteiger partial charge in [-0.05, 0) is 39.3 Å². The summed E-state index contributed by atoms with van der Waals surface area (Å²) in [6.45, 7) is 6.35. The van der Waals surface area contributed by atoms with E-state index in [-0.39, 0.29) is 11.6 Å². The highest BCUT2D eigenvalue weighted by molar-refractivity contribution is 5.76. The van der Waals surface area contributed by atoms with Gasteiger partial charge in [0.05, 0.1) is 12.3 Å². The zero-order valence-electron chi connectivity index (χ0n) is 10.9. The summed E-state index contributed by atoms with van der Waals surface area (Å²) in [6, 6.07) is 7.71. The van der Waals surface area contributed by atoms with E-state index in [1.807, 2.05) is 24.3 Å². The number of nitrogens with one attached hydrogen (secondary N) is 1. The summed E-state index contributed by atoms with van der Waals surface area (Å²) in [6.07, 6.45) is 2.78. The Kier molecular flexibility index (Phi) is 2.47. The molecule has 1 N–H and O–H groups in total. The lowest BCUT2D eigenvalue weighted by molar-refractivity contribution is -0.220. The molecule has 3 rings (SSSR count). The van der Waals surface area contributed by atoms with Gasteiger partial charge in [0.15, 0.2) is 5.75 Å². The van der Waals surface area contributed by atoms with Gasteiger partial charge in [-0.3, -0.25) is 0 Å². The van der Waals surface area contributed by atoms with Crippen molar-refractivity contribution in [1.29, 1.82) is 0 Å². The van der Waals surface area contributed by atoms with Gasteiger partial charge >= 0.3 is 5.91 Å². The van der Waals surface area contributed by atoms with Crippen LogP contribution >= 0.6 is 0 Å². The highest BCUT2D eigenvalue weighted by atomic mass is 16.7. The van der Waals surface area contributed by atoms with Crippen molar-refractivity contribution in [2.24, 2.45) is 4.99 Å². The predicted molar refractivity (Wildman–Crippen MR) is 70.3 cm³/mol. The maximum atomic E-state index is 5.98. The smallest absolute Gasteiger partial charge is 0.310 e. The summed E-state index contributed by atoms with van der Waals surface area (Å²) in [7, 11) is 0. The van der Waals surface area contributed by atoms with Crippen molar-refractivity contribution in [3.63, 3.8) is 0 Å². The Morgan fingerprint density at radius 2 is 2.11 bits per heavy atom. The van der Waals surface area contributed by atoms with E-state index in [0.29, 0.717) is 0 Å². The first-order valence-electron chi connectivity index (χ1n) is 6.29. The van der Waals surface area contributed by atoms with E-state index in [4.69, 9.17) is 9.47 Å². The number of ether oxygens (including phenoxy) is 2. The number of nitrogens with zero attached hydrogens (tertiary/aromatic N) is 1. The van der Waals surface area contributed by atoms with E-state index in [1.165, 1.54) is 0 Å². The van der Waals surface area contributed by atoms with Crippen LogP contribution in [0.4, 0.5) is 5.69 Å². The van der Waals surface area contributed by atoms with Crippen LogP contribution in [0.1, 0.15) is 27.2 Å². The molecule has 1 aromatic rings. The molecule has 2 heterocycles. The van der Waals surface area contributed by atoms with Crippen LogP contribution in [0.15, 0.2) is 29.3 Å². The van der Waals surface area contributed by atoms with Crippen molar-refractivity contribution in [3.05, 3.63) is 24.3 Å². The Morgan fingerprint density at radius 3 is 2.89 bits per heavy atom. The number of benzene rings is 1. The zero-order valence-corrected chi connectivity index (χ0v) is 10.9. The number of aliphatic imine (C=N–C) groups is 1. The molecule has 0 aliphatic carbocycles. The molecular formula is C14H18N2O2. The molecule has 0 saturated carbocycles. The fraction of sp³-hybridized carbons (Fsp3) is 0.500. The van der Waals surface area contributed by atoms with Crippen LogP contribution in [0.2, 0.25) is 0 Å². The molecule has 2 aliphatic heterocycles. The van der Waals surface area contributed by atoms with Crippen molar-refractivity contribution in [3.8, 4) is 5.75 Å². The SMILES string of the molecule is CC1CC(C)(C)N[C@@]2(C=Nc3ccccc3O2)O1. The van der Waals surface area contributed by atoms with Crippen LogP contribution in [0.5, 0.6) is 5.75 Å². The van der Waals surface area contributed by atoms with Gasteiger partial charge in [-0.1, -0.05) is 12.1 Å². The summed E-state index contributed by atoms with van der Waals surface area (Å²) in [5.41, 5.74) is 0.792. The topological polar surface area (TPSA) is 42.9 Å². The average molecular weight is 246 g/mol. The Labute approximate surface area is 107 Å². The standard InChI is InChI=1S/C14H18N2O2/c1-10-8-13(2,3)16-14(17-10)9-15-11-6-4-5-7-12(11)18-14/h4-7,9-10,16H,8H2,1-3H3/t10?,14-/m0/s1. The van der Waals surface area contributed by atoms with E-state index in [2.05, 4.69) is 31.1 Å². The van der Waals surface area contributed by atoms with E-state index in [1.54, 1.807) is 6.21 Å². The molecule has 0 amide bonds. The minimum absolute atomic E-state index is 0.0457. The molecule has 2 aliphatic rings. The molecular weight excluding hydrogens is 228 g/mol. The maximum absolute atomic E-state index is 5.98. The second-order valence-corrected chi connectivity index (χ2v) is 5.64. The van der Waals surface area contributed by atoms with Crippen LogP contribution in [-0.2, 0) is 4.74 Å².